The Bertz CT molecular complexity index is 4880. The number of aromatic nitrogens is 6. The van der Waals surface area contributed by atoms with E-state index in [2.05, 4.69) is 15.0 Å². The second-order valence-corrected chi connectivity index (χ2v) is 27.0. The summed E-state index contributed by atoms with van der Waals surface area (Å²) in [5.41, 5.74) is 9.60. The number of amides is 3. The molecule has 0 spiro atoms. The van der Waals surface area contributed by atoms with Crippen molar-refractivity contribution < 1.29 is 72.5 Å². The molecule has 3 amide bonds. The third-order valence-electron chi connectivity index (χ3n) is 20.0. The number of imidazole rings is 3. The van der Waals surface area contributed by atoms with E-state index < -0.39 is 82.7 Å². The fourth-order valence-corrected chi connectivity index (χ4v) is 14.9. The van der Waals surface area contributed by atoms with Crippen molar-refractivity contribution in [2.45, 2.75) is 127 Å². The molecule has 4 saturated heterocycles. The second kappa shape index (κ2) is 30.8. The number of carbonyl (C=O) groups excluding carboxylic acids is 3. The normalized spacial score (nSPS) is 21.7. The fraction of sp³-hybridized carbons (Fsp3) is 0.284. The van der Waals surface area contributed by atoms with Crippen LogP contribution in [0.4, 0.5) is 43.9 Å². The van der Waals surface area contributed by atoms with Gasteiger partial charge in [0.25, 0.3) is 17.7 Å². The number of carbonyl (C=O) groups is 3. The van der Waals surface area contributed by atoms with Crippen LogP contribution in [0, 0.1) is 73.1 Å². The Morgan fingerprint density at radius 2 is 0.802 bits per heavy atom. The third kappa shape index (κ3) is 15.1. The first-order chi connectivity index (χ1) is 50.9. The van der Waals surface area contributed by atoms with Crippen molar-refractivity contribution in [2.75, 3.05) is 21.3 Å². The molecule has 0 bridgehead atoms. The molecule has 9 heterocycles. The molecule has 0 aliphatic carbocycles. The maximum absolute atomic E-state index is 14.6. The number of hydrogen-bond acceptors (Lipinski definition) is 9. The maximum atomic E-state index is 14.6. The van der Waals surface area contributed by atoms with Crippen molar-refractivity contribution >= 4 is 35.9 Å². The number of ether oxygens (including phenoxy) is 3. The molecule has 0 unspecified atom stereocenters. The van der Waals surface area contributed by atoms with Gasteiger partial charge in [0.1, 0.15) is 23.4 Å². The monoisotopic (exact) mass is 1460 g/mol. The molecule has 6 aliphatic heterocycles. The number of aryl methyl sites for hydroxylation is 3. The summed E-state index contributed by atoms with van der Waals surface area (Å²) < 4.78 is 161. The van der Waals surface area contributed by atoms with E-state index in [9.17, 15) is 58.3 Å². The Hall–Kier alpha value is -11.2. The summed E-state index contributed by atoms with van der Waals surface area (Å²) >= 11 is 0. The summed E-state index contributed by atoms with van der Waals surface area (Å²) in [6, 6.07) is 19.6. The minimum Gasteiger partial charge on any atom is -0.495 e. The van der Waals surface area contributed by atoms with Crippen molar-refractivity contribution in [3.05, 3.63) is 272 Å². The molecular weight excluding hydrogens is 1380 g/mol. The van der Waals surface area contributed by atoms with Crippen LogP contribution in [0.2, 0.25) is 0 Å². The highest BCUT2D eigenvalue weighted by Gasteiger charge is 2.44. The first-order valence-electron chi connectivity index (χ1n) is 34.5. The number of alkyl halides is 1. The van der Waals surface area contributed by atoms with Crippen molar-refractivity contribution in [3.8, 4) is 34.3 Å². The van der Waals surface area contributed by atoms with Gasteiger partial charge in [0, 0.05) is 53.8 Å². The highest BCUT2D eigenvalue weighted by Crippen LogP contribution is 2.45. The van der Waals surface area contributed by atoms with Gasteiger partial charge in [0.2, 0.25) is 0 Å². The zero-order chi connectivity index (χ0) is 74.9. The molecule has 106 heavy (non-hydrogen) atoms. The summed E-state index contributed by atoms with van der Waals surface area (Å²) in [5.74, 6) is -11.2. The zero-order valence-corrected chi connectivity index (χ0v) is 58.5. The minimum atomic E-state index is -1.59. The summed E-state index contributed by atoms with van der Waals surface area (Å²) in [7, 11) is 4.73. The molecule has 548 valence electrons. The van der Waals surface area contributed by atoms with E-state index >= 15 is 0 Å². The van der Waals surface area contributed by atoms with Crippen molar-refractivity contribution in [1.82, 2.24) is 43.4 Å². The summed E-state index contributed by atoms with van der Waals surface area (Å²) in [6.07, 6.45) is 27.1. The maximum Gasteiger partial charge on any atom is 0.250 e. The van der Waals surface area contributed by atoms with Crippen LogP contribution in [-0.4, -0.2) is 107 Å². The van der Waals surface area contributed by atoms with Crippen LogP contribution in [0.15, 0.2) is 170 Å². The van der Waals surface area contributed by atoms with Crippen molar-refractivity contribution in [2.24, 2.45) is 0 Å². The number of nitrogens with zero attached hydrogens (tertiary/aromatic N) is 9. The van der Waals surface area contributed by atoms with Crippen LogP contribution in [0.3, 0.4) is 0 Å². The first-order valence-corrected chi connectivity index (χ1v) is 34.5. The van der Waals surface area contributed by atoms with Crippen LogP contribution < -0.4 is 14.2 Å². The van der Waals surface area contributed by atoms with E-state index in [4.69, 9.17) is 14.2 Å². The van der Waals surface area contributed by atoms with Crippen LogP contribution >= 0.6 is 0 Å². The highest BCUT2D eigenvalue weighted by atomic mass is 19.2. The Balaban J connectivity index is 0.000000141. The molecule has 4 fully saturated rings. The Kier molecular flexibility index (Phi) is 21.3. The quantitative estimate of drug-likeness (QED) is 0.0506. The number of fused-ring (bicyclic) bond motifs is 3. The average Bonchev–Trinajstić information content (AvgIpc) is 0.950. The van der Waals surface area contributed by atoms with Gasteiger partial charge in [-0.25, -0.2) is 58.9 Å². The lowest BCUT2D eigenvalue weighted by molar-refractivity contribution is -0.138. The summed E-state index contributed by atoms with van der Waals surface area (Å²) in [5, 5.41) is 0. The van der Waals surface area contributed by atoms with Gasteiger partial charge in [-0.3, -0.25) is 14.4 Å². The van der Waals surface area contributed by atoms with E-state index in [-0.39, 0.29) is 59.3 Å². The van der Waals surface area contributed by atoms with Gasteiger partial charge in [-0.2, -0.15) is 0 Å². The Morgan fingerprint density at radius 1 is 0.425 bits per heavy atom. The van der Waals surface area contributed by atoms with Gasteiger partial charge < -0.3 is 42.6 Å². The van der Waals surface area contributed by atoms with Gasteiger partial charge in [-0.15, -0.1) is 0 Å². The van der Waals surface area contributed by atoms with Crippen LogP contribution in [0.25, 0.3) is 35.3 Å². The molecule has 25 heteroatoms. The fourth-order valence-electron chi connectivity index (χ4n) is 14.9. The Labute approximate surface area is 604 Å². The Morgan fingerprint density at radius 3 is 1.22 bits per heavy atom. The predicted molar refractivity (Wildman–Crippen MR) is 377 cm³/mol. The molecule has 7 atom stereocenters. The standard InChI is InChI=1S/C27H25F4N3O2.2C27H24F3N3O2/c1-15-13-33(14-32-15)23-6-3-16(8-25(23)36-2)7-17-4-5-20-11-19(28)12-24(34(20)27(17)35)18-9-21(29)26(31)22(30)10-18;2*1-16-14-32(15-31-16)24-9-6-17(11-25(24)35-2)10-18-7-8-20-4-3-5-23(33(20)27(18)34)19-12-21(28)26(30)22(29)13-19/h3,6-10,13-14,19-20,24H,4-5,11-12H2,1-2H3;3,5-6,9-15,20,23H,4,7-8H2,1-2H3;3-4,6,9-15,20,23H,5,7-8H2,1-2H3/b17-7+;2*18-10+/t19-,20-,24+;2*20-,23-/m100/s1. The molecule has 6 aliphatic rings. The highest BCUT2D eigenvalue weighted by molar-refractivity contribution is 6.01. The number of methoxy groups -OCH3 is 3. The number of hydrogen-bond donors (Lipinski definition) is 0. The first kappa shape index (κ1) is 73.1. The lowest BCUT2D eigenvalue weighted by Gasteiger charge is -2.46. The molecular formula is C81H73F10N9O6. The SMILES string of the molecule is COc1cc(/C=C2\CC[C@@H]3C=CC[C@@H](c4cc(F)c(F)c(F)c4)N3C2=O)ccc1-n1cnc(C)c1.COc1cc(/C=C2\CC[C@@H]3CC=C[C@@H](c4cc(F)c(F)c(F)c4)N3C2=O)ccc1-n1cnc(C)c1.COc1cc(/C=C2\CC[C@@H]3C[C@@H](F)C[C@@H](c4cc(F)c(F)c(F)c4)N3C2=O)ccc1-n1cnc(C)c1. The number of rotatable bonds is 12. The van der Waals surface area contributed by atoms with Crippen LogP contribution in [0.5, 0.6) is 17.2 Å². The molecule has 9 aromatic rings. The molecule has 6 aromatic carbocycles. The largest absolute Gasteiger partial charge is 0.495 e. The molecule has 0 radical (unpaired) electrons. The minimum absolute atomic E-state index is 0.0509. The number of halogens is 10. The predicted octanol–water partition coefficient (Wildman–Crippen LogP) is 17.2. The molecule has 0 N–H and O–H groups in total. The third-order valence-corrected chi connectivity index (χ3v) is 20.0. The van der Waals surface area contributed by atoms with Gasteiger partial charge in [0.15, 0.2) is 52.4 Å². The van der Waals surface area contributed by atoms with Crippen LogP contribution in [-0.2, 0) is 14.4 Å². The van der Waals surface area contributed by atoms with Gasteiger partial charge >= 0.3 is 0 Å². The zero-order valence-electron chi connectivity index (χ0n) is 58.5. The smallest absolute Gasteiger partial charge is 0.250 e. The van der Waals surface area contributed by atoms with Crippen LogP contribution in [0.1, 0.15) is 133 Å². The van der Waals surface area contributed by atoms with E-state index in [0.717, 1.165) is 87.2 Å². The summed E-state index contributed by atoms with van der Waals surface area (Å²) in [4.78, 5) is 58.2. The average molecular weight is 1460 g/mol. The van der Waals surface area contributed by atoms with Crippen molar-refractivity contribution in [1.29, 1.82) is 0 Å². The lowest BCUT2D eigenvalue weighted by Crippen LogP contribution is -2.51. The molecule has 3 aromatic heterocycles. The summed E-state index contributed by atoms with van der Waals surface area (Å²) in [6.45, 7) is 5.69. The number of benzene rings is 6. The topological polar surface area (TPSA) is 142 Å². The molecule has 15 nitrogen and oxygen atoms in total. The molecule has 0 saturated carbocycles. The lowest BCUT2D eigenvalue weighted by atomic mass is 9.83. The van der Waals surface area contributed by atoms with Gasteiger partial charge in [0.05, 0.1) is 98.6 Å². The van der Waals surface area contributed by atoms with Crippen molar-refractivity contribution in [3.63, 3.8) is 0 Å². The van der Waals surface area contributed by atoms with E-state index in [1.807, 2.05) is 138 Å². The number of piperidine rings is 4. The second-order valence-electron chi connectivity index (χ2n) is 27.0. The van der Waals surface area contributed by atoms with E-state index in [1.54, 1.807) is 62.3 Å². The van der Waals surface area contributed by atoms with E-state index in [0.29, 0.717) is 85.3 Å². The van der Waals surface area contributed by atoms with Gasteiger partial charge in [-0.1, -0.05) is 42.5 Å². The van der Waals surface area contributed by atoms with E-state index in [1.165, 1.54) is 4.90 Å². The molecule has 15 rings (SSSR count). The van der Waals surface area contributed by atoms with Gasteiger partial charge in [-0.05, 0) is 203 Å².